The number of benzene rings is 4. The van der Waals surface area contributed by atoms with E-state index in [4.69, 9.17) is 52.1 Å². The minimum atomic E-state index is -1.59. The van der Waals surface area contributed by atoms with Gasteiger partial charge in [-0.2, -0.15) is 4.58 Å². The normalized spacial score (nSPS) is 34.2. The van der Waals surface area contributed by atoms with E-state index in [2.05, 4.69) is 133 Å². The number of ether oxygens (including phenoxy) is 11. The summed E-state index contributed by atoms with van der Waals surface area (Å²) in [6.45, 7) is 8.45. The quantitative estimate of drug-likeness (QED) is 0.0353. The van der Waals surface area contributed by atoms with Gasteiger partial charge >= 0.3 is 0 Å². The summed E-state index contributed by atoms with van der Waals surface area (Å²) in [5.74, 6) is 0.444. The number of nitrogens with one attached hydrogen (secondary N) is 2. The van der Waals surface area contributed by atoms with Crippen LogP contribution < -0.4 is 15.5 Å². The van der Waals surface area contributed by atoms with Crippen molar-refractivity contribution in [1.29, 1.82) is 0 Å². The summed E-state index contributed by atoms with van der Waals surface area (Å²) in [6, 6.07) is 25.2. The predicted octanol–water partition coefficient (Wildman–Crippen LogP) is 3.43. The Morgan fingerprint density at radius 2 is 1.12 bits per heavy atom. The van der Waals surface area contributed by atoms with E-state index in [1.165, 1.54) is 5.56 Å². The highest BCUT2D eigenvalue weighted by Crippen LogP contribution is 2.52. The number of allylic oxidation sites excluding steroid dienone is 7. The summed E-state index contributed by atoms with van der Waals surface area (Å²) in [6.07, 6.45) is -10.0. The van der Waals surface area contributed by atoms with Crippen molar-refractivity contribution in [1.82, 2.24) is 10.6 Å². The summed E-state index contributed by atoms with van der Waals surface area (Å²) in [4.78, 5) is 30.2. The molecule has 1 aliphatic carbocycles. The Morgan fingerprint density at radius 3 is 1.79 bits per heavy atom. The lowest BCUT2D eigenvalue weighted by atomic mass is 9.78. The Balaban J connectivity index is 0.679. The molecule has 0 spiro atoms. The first-order valence-corrected chi connectivity index (χ1v) is 38.5. The van der Waals surface area contributed by atoms with Crippen molar-refractivity contribution >= 4 is 50.4 Å². The van der Waals surface area contributed by atoms with Crippen molar-refractivity contribution < 1.29 is 117 Å². The number of carbonyl (C=O) groups is 2. The lowest BCUT2D eigenvalue weighted by molar-refractivity contribution is -0.436. The van der Waals surface area contributed by atoms with Gasteiger partial charge in [0.05, 0.1) is 57.6 Å². The fourth-order valence-corrected chi connectivity index (χ4v) is 17.6. The van der Waals surface area contributed by atoms with Gasteiger partial charge in [-0.3, -0.25) is 9.59 Å². The molecule has 14 aliphatic heterocycles. The van der Waals surface area contributed by atoms with Crippen LogP contribution in [-0.4, -0.2) is 282 Å². The molecule has 4 aromatic carbocycles. The van der Waals surface area contributed by atoms with Gasteiger partial charge in [0.15, 0.2) is 24.8 Å². The van der Waals surface area contributed by atoms with Gasteiger partial charge in [0.2, 0.25) is 17.5 Å². The minimum absolute atomic E-state index is 0.0373. The monoisotopic (exact) mass is 1510 g/mol. The molecule has 20 atom stereocenters. The second kappa shape index (κ2) is 35.2. The third kappa shape index (κ3) is 16.4. The highest BCUT2D eigenvalue weighted by Gasteiger charge is 2.55. The van der Waals surface area contributed by atoms with Crippen molar-refractivity contribution in [2.45, 2.75) is 232 Å². The highest BCUT2D eigenvalue weighted by molar-refractivity contribution is 6.08. The van der Waals surface area contributed by atoms with Crippen LogP contribution in [0.2, 0.25) is 0 Å². The van der Waals surface area contributed by atoms with Crippen LogP contribution in [0.4, 0.5) is 11.4 Å². The standard InChI is InChI=1S/C81H108N4O23/c1-80(2)59(84(51-27-23-45-15-6-8-19-49(45)63(51)80)35-31-61(90)82-33-13-39-101-72-54-22-12-38-99-73-55(41-86)105-78(68(95)67(73)94)107-76(69(72)96)58(44-89)104-54)29-25-47-17-10-18-48(71(47)98-5)26-30-60-81(3,4)64-50-20-9-7-16-46(50)24-28-52(64)85(60)36-32-62(91)83-34-14-40-102-77-70(97)74-56(42-87)106-79(77)108-75-57(43-88)103-53(21-11-37-100-74)65(92)66(75)93/h6-9,15-16,19-20,23-30,53-58,65-70,72-79,86-89,92-97H,10-14,17-18,21-22,31-44H2,1-5H3,(H-,82,83,90,91)/p+1/t53-,54-,55-,56-,57-,58-,65+,66-,67-,68-,69-,70+,72+,73-,74-,75-,76?,77-,78-,79?/m1/s1. The first-order valence-electron chi connectivity index (χ1n) is 38.5. The van der Waals surface area contributed by atoms with Crippen molar-refractivity contribution in [2.75, 3.05) is 91.0 Å². The van der Waals surface area contributed by atoms with Gasteiger partial charge in [0, 0.05) is 87.0 Å². The number of rotatable bonds is 24. The fraction of sp³-hybridized carbons (Fsp3) is 0.617. The number of methoxy groups -OCH3 is 1. The molecule has 2 unspecified atom stereocenters. The molecule has 19 rings (SSSR count). The zero-order valence-electron chi connectivity index (χ0n) is 62.2. The van der Waals surface area contributed by atoms with Gasteiger partial charge in [-0.1, -0.05) is 74.5 Å². The maximum atomic E-state index is 14.0. The van der Waals surface area contributed by atoms with E-state index >= 15 is 0 Å². The maximum Gasteiger partial charge on any atom is 0.226 e. The van der Waals surface area contributed by atoms with E-state index in [9.17, 15) is 60.7 Å². The van der Waals surface area contributed by atoms with Crippen LogP contribution in [0.1, 0.15) is 109 Å². The highest BCUT2D eigenvalue weighted by atomic mass is 16.7. The van der Waals surface area contributed by atoms with Crippen molar-refractivity contribution in [3.05, 3.63) is 131 Å². The molecule has 27 nitrogen and oxygen atoms in total. The average molecular weight is 1510 g/mol. The third-order valence-corrected chi connectivity index (χ3v) is 23.1. The van der Waals surface area contributed by atoms with Crippen LogP contribution in [0, 0.1) is 0 Å². The van der Waals surface area contributed by atoms with E-state index in [1.54, 1.807) is 7.11 Å². The van der Waals surface area contributed by atoms with E-state index < -0.39 is 160 Å². The minimum Gasteiger partial charge on any atom is -0.496 e. The molecule has 590 valence electrons. The van der Waals surface area contributed by atoms with Gasteiger partial charge in [-0.15, -0.1) is 0 Å². The molecular formula is C81H109N4O23+. The molecule has 12 fully saturated rings. The van der Waals surface area contributed by atoms with Crippen molar-refractivity contribution in [3.63, 3.8) is 0 Å². The predicted molar refractivity (Wildman–Crippen MR) is 395 cm³/mol. The van der Waals surface area contributed by atoms with Gasteiger partial charge in [0.1, 0.15) is 103 Å². The molecule has 12 N–H and O–H groups in total. The number of hydrogen-bond donors (Lipinski definition) is 12. The Labute approximate surface area is 629 Å². The Kier molecular flexibility index (Phi) is 26.0. The van der Waals surface area contributed by atoms with Crippen LogP contribution in [-0.2, 0) is 72.5 Å². The molecule has 14 heterocycles. The van der Waals surface area contributed by atoms with Crippen molar-refractivity contribution in [2.24, 2.45) is 0 Å². The summed E-state index contributed by atoms with van der Waals surface area (Å²) in [5, 5.41) is 119. The van der Waals surface area contributed by atoms with Crippen LogP contribution in [0.3, 0.4) is 0 Å². The maximum absolute atomic E-state index is 14.0. The zero-order chi connectivity index (χ0) is 76.1. The first-order chi connectivity index (χ1) is 52.2. The van der Waals surface area contributed by atoms with Crippen LogP contribution in [0.5, 0.6) is 0 Å². The summed E-state index contributed by atoms with van der Waals surface area (Å²) in [5.41, 5.74) is 7.46. The Bertz CT molecular complexity index is 3950. The lowest BCUT2D eigenvalue weighted by Gasteiger charge is -2.47. The molecule has 12 saturated heterocycles. The number of nitrogens with zero attached hydrogens (tertiary/aromatic N) is 2. The first kappa shape index (κ1) is 79.8. The zero-order valence-corrected chi connectivity index (χ0v) is 62.2. The second-order valence-electron chi connectivity index (χ2n) is 30.7. The third-order valence-electron chi connectivity index (χ3n) is 23.1. The number of hydrogen-bond acceptors (Lipinski definition) is 24. The van der Waals surface area contributed by atoms with Crippen LogP contribution >= 0.6 is 0 Å². The van der Waals surface area contributed by atoms with Gasteiger partial charge < -0.3 is 119 Å². The smallest absolute Gasteiger partial charge is 0.226 e. The number of anilines is 1. The molecule has 15 aliphatic rings. The van der Waals surface area contributed by atoms with E-state index in [-0.39, 0.29) is 64.2 Å². The fourth-order valence-electron chi connectivity index (χ4n) is 17.6. The van der Waals surface area contributed by atoms with Crippen molar-refractivity contribution in [3.8, 4) is 0 Å². The SMILES string of the molecule is COC1=C(C=CC2=[N+](CCC(=O)NCCCO[C@H]3C4O[C@H]5[C@H](O)[C@@H](O)[C@@H](CCCO[C@@H]([C@@H]3O)[C@@H](CO)O4)O[C@@H]5CO)c3ccc4ccccc4c3C2(C)C)CCCC1=CC=C1N(CCC(=O)NCCCO[C@H]2[C@H]3CCCO[C@H]4[C@H](O)[C@@H](O)[C@@H](OC([C@@H](CO)O3)[C@@H]2O)O[C@@H]4CO)c2ccc3ccccc3c2C1(C)C. The number of carbonyl (C=O) groups excluding carboxylic acids is 2. The van der Waals surface area contributed by atoms with E-state index in [0.717, 1.165) is 86.1 Å². The Hall–Kier alpha value is -6.23. The number of aliphatic hydroxyl groups is 10. The number of amides is 2. The molecule has 0 aromatic heterocycles. The average Bonchev–Trinajstić information content (AvgIpc) is 1.57. The summed E-state index contributed by atoms with van der Waals surface area (Å²) < 4.78 is 69.5. The van der Waals surface area contributed by atoms with E-state index in [1.807, 2.05) is 12.1 Å². The molecule has 8 bridgehead atoms. The molecule has 27 heteroatoms. The van der Waals surface area contributed by atoms with Gasteiger partial charge in [0.25, 0.3) is 0 Å². The van der Waals surface area contributed by atoms with Gasteiger partial charge in [-0.25, -0.2) is 0 Å². The summed E-state index contributed by atoms with van der Waals surface area (Å²) in [7, 11) is 1.71. The Morgan fingerprint density at radius 1 is 0.565 bits per heavy atom. The number of fused-ring (bicyclic) bond motifs is 6. The van der Waals surface area contributed by atoms with Gasteiger partial charge in [-0.05, 0) is 134 Å². The molecule has 4 aromatic rings. The summed E-state index contributed by atoms with van der Waals surface area (Å²) >= 11 is 0. The molecule has 2 amide bonds. The topological polar surface area (TPSA) is 368 Å². The van der Waals surface area contributed by atoms with Crippen LogP contribution in [0.25, 0.3) is 21.5 Å². The lowest BCUT2D eigenvalue weighted by Crippen LogP contribution is -2.65. The van der Waals surface area contributed by atoms with E-state index in [0.29, 0.717) is 51.6 Å². The molecular weight excluding hydrogens is 1400 g/mol. The molecule has 0 radical (unpaired) electrons. The largest absolute Gasteiger partial charge is 0.496 e. The van der Waals surface area contributed by atoms with Crippen LogP contribution in [0.15, 0.2) is 120 Å². The number of aliphatic hydroxyl groups excluding tert-OH is 10. The second-order valence-corrected chi connectivity index (χ2v) is 30.7. The molecule has 0 saturated carbocycles. The molecule has 108 heavy (non-hydrogen) atoms.